The molecule has 0 radical (unpaired) electrons. The maximum Gasteiger partial charge on any atom is 0.0991 e. The molecule has 0 saturated heterocycles. The van der Waals surface area contributed by atoms with E-state index in [2.05, 4.69) is 49.4 Å². The smallest absolute Gasteiger partial charge is 0.0991 e. The van der Waals surface area contributed by atoms with E-state index in [1.807, 2.05) is 24.3 Å². The maximum atomic E-state index is 8.90. The molecule has 0 amide bonds. The fraction of sp³-hybridized carbons (Fsp3) is 0.375. The lowest BCUT2D eigenvalue weighted by Crippen LogP contribution is -2.11. The van der Waals surface area contributed by atoms with Gasteiger partial charge in [-0.25, -0.2) is 0 Å². The predicted molar refractivity (Wildman–Crippen MR) is 105 cm³/mol. The topological polar surface area (TPSA) is 23.8 Å². The summed E-state index contributed by atoms with van der Waals surface area (Å²) >= 11 is 0. The van der Waals surface area contributed by atoms with E-state index in [4.69, 9.17) is 5.26 Å². The summed E-state index contributed by atoms with van der Waals surface area (Å²) in [4.78, 5) is 0. The number of hydrogen-bond donors (Lipinski definition) is 0. The molecule has 1 saturated carbocycles. The Morgan fingerprint density at radius 2 is 1.52 bits per heavy atom. The second kappa shape index (κ2) is 8.67. The van der Waals surface area contributed by atoms with E-state index in [0.717, 1.165) is 5.92 Å². The second-order valence-electron chi connectivity index (χ2n) is 7.14. The molecule has 0 atom stereocenters. The van der Waals surface area contributed by atoms with Gasteiger partial charge in [-0.05, 0) is 72.8 Å². The Morgan fingerprint density at radius 1 is 0.920 bits per heavy atom. The van der Waals surface area contributed by atoms with Gasteiger partial charge in [-0.2, -0.15) is 5.26 Å². The number of benzene rings is 2. The van der Waals surface area contributed by atoms with Crippen molar-refractivity contribution in [1.82, 2.24) is 0 Å². The van der Waals surface area contributed by atoms with Crippen LogP contribution in [0.1, 0.15) is 62.5 Å². The summed E-state index contributed by atoms with van der Waals surface area (Å²) in [6.07, 6.45) is 12.5. The van der Waals surface area contributed by atoms with Crippen molar-refractivity contribution >= 4 is 0 Å². The van der Waals surface area contributed by atoms with Crippen LogP contribution in [0.4, 0.5) is 0 Å². The van der Waals surface area contributed by atoms with Crippen LogP contribution in [0.2, 0.25) is 0 Å². The van der Waals surface area contributed by atoms with Crippen LogP contribution in [0, 0.1) is 17.2 Å². The van der Waals surface area contributed by atoms with Crippen LogP contribution in [0.15, 0.2) is 60.7 Å². The molecule has 0 spiro atoms. The van der Waals surface area contributed by atoms with Crippen LogP contribution >= 0.6 is 0 Å². The van der Waals surface area contributed by atoms with Crippen LogP contribution in [0.25, 0.3) is 11.1 Å². The molecule has 1 fully saturated rings. The predicted octanol–water partition coefficient (Wildman–Crippen LogP) is 6.86. The first-order valence-corrected chi connectivity index (χ1v) is 9.57. The number of nitriles is 1. The number of allylic oxidation sites excluding steroid dienone is 2. The molecule has 25 heavy (non-hydrogen) atoms. The first-order valence-electron chi connectivity index (χ1n) is 9.57. The van der Waals surface area contributed by atoms with E-state index in [1.54, 1.807) is 0 Å². The highest BCUT2D eigenvalue weighted by molar-refractivity contribution is 5.64. The van der Waals surface area contributed by atoms with Gasteiger partial charge in [0.25, 0.3) is 0 Å². The van der Waals surface area contributed by atoms with Crippen LogP contribution in [0.3, 0.4) is 0 Å². The zero-order valence-electron chi connectivity index (χ0n) is 15.1. The number of rotatable bonds is 5. The largest absolute Gasteiger partial charge is 0.192 e. The van der Waals surface area contributed by atoms with Crippen LogP contribution in [0.5, 0.6) is 0 Å². The van der Waals surface area contributed by atoms with Gasteiger partial charge in [-0.3, -0.25) is 0 Å². The molecule has 0 unspecified atom stereocenters. The Bertz CT molecular complexity index is 723. The highest BCUT2D eigenvalue weighted by Gasteiger charge is 2.20. The van der Waals surface area contributed by atoms with Crippen LogP contribution < -0.4 is 0 Å². The molecule has 2 aromatic rings. The third-order valence-electron chi connectivity index (χ3n) is 5.36. The summed E-state index contributed by atoms with van der Waals surface area (Å²) in [5.41, 5.74) is 4.60. The zero-order chi connectivity index (χ0) is 17.5. The van der Waals surface area contributed by atoms with Gasteiger partial charge >= 0.3 is 0 Å². The molecule has 3 rings (SSSR count). The Kier molecular flexibility index (Phi) is 6.07. The lowest BCUT2D eigenvalue weighted by molar-refractivity contribution is 0.375. The van der Waals surface area contributed by atoms with E-state index < -0.39 is 0 Å². The number of unbranched alkanes of at least 4 members (excludes halogenated alkanes) is 1. The maximum absolute atomic E-state index is 8.90. The Morgan fingerprint density at radius 3 is 2.08 bits per heavy atom. The molecule has 0 bridgehead atoms. The van der Waals surface area contributed by atoms with Gasteiger partial charge in [0.15, 0.2) is 0 Å². The minimum Gasteiger partial charge on any atom is -0.192 e. The summed E-state index contributed by atoms with van der Waals surface area (Å²) in [5, 5.41) is 8.90. The van der Waals surface area contributed by atoms with Crippen molar-refractivity contribution in [2.24, 2.45) is 5.92 Å². The summed E-state index contributed by atoms with van der Waals surface area (Å²) in [6, 6.07) is 19.0. The van der Waals surface area contributed by atoms with Gasteiger partial charge in [0.05, 0.1) is 11.6 Å². The SMILES string of the molecule is CCCC=C[C@H]1CC[C@H](c2ccc(-c3ccc(C#N)cc3)cc2)CC1. The molecule has 1 aliphatic rings. The Labute approximate surface area is 152 Å². The number of nitrogens with zero attached hydrogens (tertiary/aromatic N) is 1. The van der Waals surface area contributed by atoms with Crippen molar-refractivity contribution < 1.29 is 0 Å². The van der Waals surface area contributed by atoms with Crippen molar-refractivity contribution in [2.75, 3.05) is 0 Å². The molecule has 2 aromatic carbocycles. The van der Waals surface area contributed by atoms with E-state index in [-0.39, 0.29) is 0 Å². The normalized spacial score (nSPS) is 20.5. The third-order valence-corrected chi connectivity index (χ3v) is 5.36. The van der Waals surface area contributed by atoms with E-state index in [9.17, 15) is 0 Å². The van der Waals surface area contributed by atoms with Gasteiger partial charge < -0.3 is 0 Å². The summed E-state index contributed by atoms with van der Waals surface area (Å²) in [6.45, 7) is 2.24. The molecule has 128 valence electrons. The molecule has 1 heteroatoms. The monoisotopic (exact) mass is 329 g/mol. The third kappa shape index (κ3) is 4.60. The van der Waals surface area contributed by atoms with E-state index >= 15 is 0 Å². The number of hydrogen-bond acceptors (Lipinski definition) is 1. The molecule has 0 aliphatic heterocycles. The first kappa shape index (κ1) is 17.5. The lowest BCUT2D eigenvalue weighted by Gasteiger charge is -2.27. The molecular formula is C24H27N. The highest BCUT2D eigenvalue weighted by atomic mass is 14.3. The van der Waals surface area contributed by atoms with E-state index in [1.165, 1.54) is 55.2 Å². The van der Waals surface area contributed by atoms with Crippen LogP contribution in [-0.4, -0.2) is 0 Å². The Hall–Kier alpha value is -2.33. The van der Waals surface area contributed by atoms with Crippen molar-refractivity contribution in [2.45, 2.75) is 51.4 Å². The van der Waals surface area contributed by atoms with Gasteiger partial charge in [-0.1, -0.05) is 61.9 Å². The second-order valence-corrected chi connectivity index (χ2v) is 7.14. The minimum absolute atomic E-state index is 0.713. The molecule has 1 nitrogen and oxygen atoms in total. The van der Waals surface area contributed by atoms with Gasteiger partial charge in [0, 0.05) is 0 Å². The van der Waals surface area contributed by atoms with Crippen molar-refractivity contribution in [3.05, 3.63) is 71.8 Å². The summed E-state index contributed by atoms with van der Waals surface area (Å²) in [5.74, 6) is 1.51. The molecular weight excluding hydrogens is 302 g/mol. The van der Waals surface area contributed by atoms with Gasteiger partial charge in [0.2, 0.25) is 0 Å². The first-order chi connectivity index (χ1) is 12.3. The van der Waals surface area contributed by atoms with Crippen molar-refractivity contribution in [3.63, 3.8) is 0 Å². The standard InChI is InChI=1S/C24H27N/c1-2-3-4-5-19-6-10-21(11-7-19)23-14-16-24(17-15-23)22-12-8-20(18-25)9-13-22/h4-5,8-9,12-17,19,21H,2-3,6-7,10-11H2,1H3/t19-,21-. The fourth-order valence-electron chi connectivity index (χ4n) is 3.79. The molecule has 0 heterocycles. The van der Waals surface area contributed by atoms with Gasteiger partial charge in [0.1, 0.15) is 0 Å². The highest BCUT2D eigenvalue weighted by Crippen LogP contribution is 2.37. The summed E-state index contributed by atoms with van der Waals surface area (Å²) in [7, 11) is 0. The van der Waals surface area contributed by atoms with E-state index in [0.29, 0.717) is 11.5 Å². The van der Waals surface area contributed by atoms with Crippen LogP contribution in [-0.2, 0) is 0 Å². The zero-order valence-corrected chi connectivity index (χ0v) is 15.1. The summed E-state index contributed by atoms with van der Waals surface area (Å²) < 4.78 is 0. The fourth-order valence-corrected chi connectivity index (χ4v) is 3.79. The van der Waals surface area contributed by atoms with Crippen molar-refractivity contribution in [3.8, 4) is 17.2 Å². The molecule has 0 aromatic heterocycles. The van der Waals surface area contributed by atoms with Gasteiger partial charge in [-0.15, -0.1) is 0 Å². The lowest BCUT2D eigenvalue weighted by atomic mass is 9.78. The molecule has 0 N–H and O–H groups in total. The average Bonchev–Trinajstić information content (AvgIpc) is 2.69. The minimum atomic E-state index is 0.713. The Balaban J connectivity index is 1.60. The molecule has 1 aliphatic carbocycles. The van der Waals surface area contributed by atoms with Crippen molar-refractivity contribution in [1.29, 1.82) is 5.26 Å². The quantitative estimate of drug-likeness (QED) is 0.550. The average molecular weight is 329 g/mol.